The number of benzene rings is 1. The van der Waals surface area contributed by atoms with Crippen molar-refractivity contribution in [3.05, 3.63) is 54.2 Å². The normalized spacial score (nSPS) is 11.6. The Morgan fingerprint density at radius 3 is 2.35 bits per heavy atom. The van der Waals surface area contributed by atoms with E-state index >= 15 is 0 Å². The van der Waals surface area contributed by atoms with E-state index in [-0.39, 0.29) is 12.6 Å². The number of aromatic nitrogens is 3. The SMILES string of the molecule is C=Nc1c(NCC)nc(N[C@@H](CC)CO)nc1NCc1ccc(-c2ccccn2)cc1. The fourth-order valence-electron chi connectivity index (χ4n) is 3.06. The number of aliphatic hydroxyl groups excluding tert-OH is 1. The summed E-state index contributed by atoms with van der Waals surface area (Å²) in [6.07, 6.45) is 2.54. The molecule has 1 aromatic carbocycles. The van der Waals surface area contributed by atoms with Crippen LogP contribution in [0.4, 0.5) is 23.3 Å². The molecule has 0 bridgehead atoms. The summed E-state index contributed by atoms with van der Waals surface area (Å²) in [5, 5.41) is 19.2. The predicted molar refractivity (Wildman–Crippen MR) is 127 cm³/mol. The van der Waals surface area contributed by atoms with Gasteiger partial charge in [-0.3, -0.25) is 9.98 Å². The van der Waals surface area contributed by atoms with Crippen LogP contribution in [-0.2, 0) is 6.54 Å². The molecule has 0 saturated carbocycles. The highest BCUT2D eigenvalue weighted by atomic mass is 16.3. The van der Waals surface area contributed by atoms with Crippen LogP contribution in [0.5, 0.6) is 0 Å². The molecule has 31 heavy (non-hydrogen) atoms. The number of pyridine rings is 1. The van der Waals surface area contributed by atoms with Crippen LogP contribution in [0.3, 0.4) is 0 Å². The van der Waals surface area contributed by atoms with Crippen LogP contribution in [-0.4, -0.2) is 46.0 Å². The Morgan fingerprint density at radius 2 is 1.77 bits per heavy atom. The van der Waals surface area contributed by atoms with E-state index in [0.29, 0.717) is 36.4 Å². The Hall–Kier alpha value is -3.52. The summed E-state index contributed by atoms with van der Waals surface area (Å²) in [7, 11) is 0. The first-order valence-corrected chi connectivity index (χ1v) is 10.4. The van der Waals surface area contributed by atoms with Crippen molar-refractivity contribution in [1.82, 2.24) is 15.0 Å². The molecule has 2 aromatic heterocycles. The van der Waals surface area contributed by atoms with Crippen LogP contribution >= 0.6 is 0 Å². The van der Waals surface area contributed by atoms with Gasteiger partial charge in [-0.1, -0.05) is 37.3 Å². The predicted octanol–water partition coefficient (Wildman–Crippen LogP) is 4.10. The molecule has 0 amide bonds. The maximum absolute atomic E-state index is 9.50. The van der Waals surface area contributed by atoms with E-state index in [9.17, 15) is 5.11 Å². The van der Waals surface area contributed by atoms with Crippen molar-refractivity contribution in [2.24, 2.45) is 4.99 Å². The average molecular weight is 420 g/mol. The molecule has 0 aliphatic heterocycles. The van der Waals surface area contributed by atoms with Crippen molar-refractivity contribution in [3.8, 4) is 11.3 Å². The molecule has 0 aliphatic carbocycles. The lowest BCUT2D eigenvalue weighted by Gasteiger charge is -2.18. The average Bonchev–Trinajstić information content (AvgIpc) is 2.82. The van der Waals surface area contributed by atoms with E-state index in [1.165, 1.54) is 0 Å². The van der Waals surface area contributed by atoms with Crippen LogP contribution in [0.2, 0.25) is 0 Å². The summed E-state index contributed by atoms with van der Waals surface area (Å²) < 4.78 is 0. The number of anilines is 3. The molecule has 1 atom stereocenters. The second-order valence-electron chi connectivity index (χ2n) is 6.98. The topological polar surface area (TPSA) is 107 Å². The van der Waals surface area contributed by atoms with Gasteiger partial charge in [-0.2, -0.15) is 9.97 Å². The van der Waals surface area contributed by atoms with Crippen molar-refractivity contribution < 1.29 is 5.11 Å². The Bertz CT molecular complexity index is 973. The Morgan fingerprint density at radius 1 is 1.03 bits per heavy atom. The van der Waals surface area contributed by atoms with Crippen LogP contribution < -0.4 is 16.0 Å². The monoisotopic (exact) mass is 419 g/mol. The smallest absolute Gasteiger partial charge is 0.227 e. The fraction of sp³-hybridized carbons (Fsp3) is 0.304. The number of hydrogen-bond donors (Lipinski definition) is 4. The van der Waals surface area contributed by atoms with E-state index in [0.717, 1.165) is 23.2 Å². The van der Waals surface area contributed by atoms with Crippen LogP contribution in [0.25, 0.3) is 11.3 Å². The van der Waals surface area contributed by atoms with Gasteiger partial charge in [0.2, 0.25) is 5.95 Å². The maximum Gasteiger partial charge on any atom is 0.227 e. The molecular formula is C23H29N7O. The first-order valence-electron chi connectivity index (χ1n) is 10.4. The minimum Gasteiger partial charge on any atom is -0.394 e. The molecule has 0 fully saturated rings. The maximum atomic E-state index is 9.50. The number of nitrogens with zero attached hydrogens (tertiary/aromatic N) is 4. The molecule has 0 spiro atoms. The Kier molecular flexibility index (Phi) is 7.89. The summed E-state index contributed by atoms with van der Waals surface area (Å²) >= 11 is 0. The molecule has 2 heterocycles. The third-order valence-corrected chi connectivity index (χ3v) is 4.81. The van der Waals surface area contributed by atoms with E-state index in [1.54, 1.807) is 6.20 Å². The molecule has 3 rings (SSSR count). The summed E-state index contributed by atoms with van der Waals surface area (Å²) in [6.45, 7) is 8.91. The zero-order chi connectivity index (χ0) is 22.1. The third kappa shape index (κ3) is 5.76. The van der Waals surface area contributed by atoms with Gasteiger partial charge in [0.15, 0.2) is 11.6 Å². The minimum absolute atomic E-state index is 0.00322. The quantitative estimate of drug-likeness (QED) is 0.347. The highest BCUT2D eigenvalue weighted by Crippen LogP contribution is 2.32. The zero-order valence-corrected chi connectivity index (χ0v) is 18.0. The highest BCUT2D eigenvalue weighted by Gasteiger charge is 2.15. The lowest BCUT2D eigenvalue weighted by Crippen LogP contribution is -2.24. The first-order chi connectivity index (χ1) is 15.2. The highest BCUT2D eigenvalue weighted by molar-refractivity contribution is 5.77. The summed E-state index contributed by atoms with van der Waals surface area (Å²) in [5.41, 5.74) is 3.66. The number of aliphatic imine (C=N–C) groups is 1. The molecule has 8 nitrogen and oxygen atoms in total. The van der Waals surface area contributed by atoms with E-state index in [4.69, 9.17) is 0 Å². The van der Waals surface area contributed by atoms with Crippen LogP contribution in [0, 0.1) is 0 Å². The molecular weight excluding hydrogens is 390 g/mol. The number of aliphatic hydroxyl groups is 1. The van der Waals surface area contributed by atoms with E-state index < -0.39 is 0 Å². The van der Waals surface area contributed by atoms with Crippen molar-refractivity contribution in [1.29, 1.82) is 0 Å². The summed E-state index contributed by atoms with van der Waals surface area (Å²) in [6, 6.07) is 14.0. The first kappa shape index (κ1) is 22.2. The van der Waals surface area contributed by atoms with Crippen LogP contribution in [0.1, 0.15) is 25.8 Å². The van der Waals surface area contributed by atoms with Crippen molar-refractivity contribution in [3.63, 3.8) is 0 Å². The van der Waals surface area contributed by atoms with Gasteiger partial charge in [-0.05, 0) is 37.8 Å². The molecule has 0 unspecified atom stereocenters. The number of nitrogens with one attached hydrogen (secondary N) is 3. The molecule has 0 saturated heterocycles. The lowest BCUT2D eigenvalue weighted by molar-refractivity contribution is 0.271. The zero-order valence-electron chi connectivity index (χ0n) is 18.0. The second kappa shape index (κ2) is 11.0. The van der Waals surface area contributed by atoms with Crippen molar-refractivity contribution in [2.75, 3.05) is 29.1 Å². The Balaban J connectivity index is 1.80. The second-order valence-corrected chi connectivity index (χ2v) is 6.98. The molecule has 8 heteroatoms. The molecule has 4 N–H and O–H groups in total. The summed E-state index contributed by atoms with van der Waals surface area (Å²) in [5.74, 6) is 1.60. The van der Waals surface area contributed by atoms with Gasteiger partial charge in [0.1, 0.15) is 5.69 Å². The van der Waals surface area contributed by atoms with Gasteiger partial charge >= 0.3 is 0 Å². The molecule has 0 radical (unpaired) electrons. The van der Waals surface area contributed by atoms with Gasteiger partial charge in [0.05, 0.1) is 18.3 Å². The largest absolute Gasteiger partial charge is 0.394 e. The van der Waals surface area contributed by atoms with Crippen LogP contribution in [0.15, 0.2) is 53.7 Å². The molecule has 162 valence electrons. The molecule has 3 aromatic rings. The van der Waals surface area contributed by atoms with Gasteiger partial charge in [-0.25, -0.2) is 0 Å². The van der Waals surface area contributed by atoms with E-state index in [1.807, 2.05) is 32.0 Å². The summed E-state index contributed by atoms with van der Waals surface area (Å²) in [4.78, 5) is 17.6. The lowest BCUT2D eigenvalue weighted by atomic mass is 10.1. The third-order valence-electron chi connectivity index (χ3n) is 4.81. The van der Waals surface area contributed by atoms with Gasteiger partial charge in [0.25, 0.3) is 0 Å². The number of hydrogen-bond acceptors (Lipinski definition) is 8. The van der Waals surface area contributed by atoms with Crippen molar-refractivity contribution in [2.45, 2.75) is 32.9 Å². The van der Waals surface area contributed by atoms with E-state index in [2.05, 4.69) is 66.9 Å². The number of rotatable bonds is 11. The van der Waals surface area contributed by atoms with Gasteiger partial charge < -0.3 is 21.1 Å². The minimum atomic E-state index is -0.121. The standard InChI is InChI=1S/C23H29N7O/c1-4-18(15-31)28-23-29-21(25-5-2)20(24-3)22(30-23)27-14-16-9-11-17(12-10-16)19-8-6-7-13-26-19/h6-13,18,31H,3-5,14-15H2,1-2H3,(H3,25,27,28,29,30)/t18-/m0/s1. The fourth-order valence-corrected chi connectivity index (χ4v) is 3.06. The van der Waals surface area contributed by atoms with Crippen molar-refractivity contribution >= 4 is 30.0 Å². The Labute approximate surface area is 182 Å². The van der Waals surface area contributed by atoms with Gasteiger partial charge in [-0.15, -0.1) is 0 Å². The molecule has 0 aliphatic rings. The van der Waals surface area contributed by atoms with Gasteiger partial charge in [0, 0.05) is 24.8 Å².